The number of benzene rings is 8. The molecule has 0 radical (unpaired) electrons. The topological polar surface area (TPSA) is 56.7 Å². The van der Waals surface area contributed by atoms with Gasteiger partial charge in [-0.15, -0.1) is 0 Å². The van der Waals surface area contributed by atoms with Crippen LogP contribution in [0.4, 0.5) is 0 Å². The highest BCUT2D eigenvalue weighted by molar-refractivity contribution is 6.14. The average Bonchev–Trinajstić information content (AvgIpc) is 3.82. The highest BCUT2D eigenvalue weighted by Gasteiger charge is 2.18. The predicted molar refractivity (Wildman–Crippen MR) is 229 cm³/mol. The summed E-state index contributed by atoms with van der Waals surface area (Å²) in [4.78, 5) is 15.0. The zero-order valence-electron chi connectivity index (χ0n) is 30.2. The molecule has 5 nitrogen and oxygen atoms in total. The van der Waals surface area contributed by atoms with Crippen LogP contribution in [0.2, 0.25) is 0 Å². The summed E-state index contributed by atoms with van der Waals surface area (Å²) in [7, 11) is 0. The van der Waals surface area contributed by atoms with Crippen molar-refractivity contribution < 1.29 is 4.42 Å². The summed E-state index contributed by atoms with van der Waals surface area (Å²) >= 11 is 0. The van der Waals surface area contributed by atoms with Gasteiger partial charge in [0.05, 0.1) is 11.0 Å². The largest absolute Gasteiger partial charge is 0.456 e. The Balaban J connectivity index is 1.02. The van der Waals surface area contributed by atoms with Gasteiger partial charge in [-0.05, 0) is 65.2 Å². The van der Waals surface area contributed by atoms with Crippen LogP contribution in [0.25, 0.3) is 106 Å². The smallest absolute Gasteiger partial charge is 0.164 e. The summed E-state index contributed by atoms with van der Waals surface area (Å²) < 4.78 is 8.51. The Morgan fingerprint density at radius 1 is 0.339 bits per heavy atom. The van der Waals surface area contributed by atoms with Crippen LogP contribution in [0, 0.1) is 0 Å². The summed E-state index contributed by atoms with van der Waals surface area (Å²) in [6.07, 6.45) is 0. The van der Waals surface area contributed by atoms with Gasteiger partial charge in [0.1, 0.15) is 11.2 Å². The zero-order valence-corrected chi connectivity index (χ0v) is 30.2. The van der Waals surface area contributed by atoms with Crippen molar-refractivity contribution in [2.24, 2.45) is 0 Å². The Kier molecular flexibility index (Phi) is 7.42. The molecule has 3 heterocycles. The molecule has 0 bridgehead atoms. The molecule has 0 aliphatic heterocycles. The first-order chi connectivity index (χ1) is 27.7. The molecule has 8 aromatic carbocycles. The van der Waals surface area contributed by atoms with Crippen LogP contribution in [-0.2, 0) is 0 Å². The van der Waals surface area contributed by atoms with Crippen molar-refractivity contribution in [3.05, 3.63) is 194 Å². The van der Waals surface area contributed by atoms with Crippen LogP contribution < -0.4 is 0 Å². The lowest BCUT2D eigenvalue weighted by atomic mass is 9.99. The lowest BCUT2D eigenvalue weighted by molar-refractivity contribution is 0.669. The molecular weight excluding hydrogens is 685 g/mol. The fraction of sp³-hybridized carbons (Fsp3) is 0. The summed E-state index contributed by atoms with van der Waals surface area (Å²) in [6.45, 7) is 0. The number of para-hydroxylation sites is 3. The number of fused-ring (bicyclic) bond motifs is 6. The molecule has 0 saturated carbocycles. The van der Waals surface area contributed by atoms with E-state index in [4.69, 9.17) is 19.4 Å². The molecule has 0 amide bonds. The maximum absolute atomic E-state index is 6.11. The highest BCUT2D eigenvalue weighted by atomic mass is 16.3. The van der Waals surface area contributed by atoms with Crippen molar-refractivity contribution in [3.8, 4) is 62.1 Å². The first-order valence-corrected chi connectivity index (χ1v) is 18.8. The van der Waals surface area contributed by atoms with E-state index in [9.17, 15) is 0 Å². The third kappa shape index (κ3) is 5.37. The second-order valence-corrected chi connectivity index (χ2v) is 14.0. The van der Waals surface area contributed by atoms with E-state index in [0.717, 1.165) is 55.4 Å². The fourth-order valence-electron chi connectivity index (χ4n) is 7.97. The number of rotatable bonds is 6. The normalized spacial score (nSPS) is 11.6. The van der Waals surface area contributed by atoms with E-state index in [1.54, 1.807) is 0 Å². The molecule has 0 saturated heterocycles. The van der Waals surface area contributed by atoms with Crippen molar-refractivity contribution >= 4 is 43.7 Å². The number of aromatic nitrogens is 4. The third-order valence-corrected chi connectivity index (χ3v) is 10.7. The molecule has 0 aliphatic rings. The second-order valence-electron chi connectivity index (χ2n) is 14.0. The predicted octanol–water partition coefficient (Wildman–Crippen LogP) is 13.2. The van der Waals surface area contributed by atoms with Gasteiger partial charge in [0.25, 0.3) is 0 Å². The molecule has 0 atom stereocenters. The van der Waals surface area contributed by atoms with Crippen molar-refractivity contribution in [2.75, 3.05) is 0 Å². The standard InChI is InChI=1S/C51H32N4O/c1-4-13-34(14-5-1)40-20-12-21-42-43-31-37(27-29-45(43)55(48(40)42)39-17-8-3-9-18-39)33-23-25-36(26-24-33)50-52-49(35-15-6-2-7-16-35)53-51(54-50)38-28-30-47-44(32-38)41-19-10-11-22-46(41)56-47/h1-32H. The number of hydrogen-bond donors (Lipinski definition) is 0. The van der Waals surface area contributed by atoms with Gasteiger partial charge < -0.3 is 8.98 Å². The summed E-state index contributed by atoms with van der Waals surface area (Å²) in [6, 6.07) is 67.6. The zero-order chi connectivity index (χ0) is 37.0. The minimum absolute atomic E-state index is 0.611. The van der Waals surface area contributed by atoms with Gasteiger partial charge in [-0.1, -0.05) is 146 Å². The molecule has 11 aromatic rings. The van der Waals surface area contributed by atoms with Gasteiger partial charge in [0.15, 0.2) is 17.5 Å². The fourth-order valence-corrected chi connectivity index (χ4v) is 7.97. The Bertz CT molecular complexity index is 3220. The molecule has 0 aliphatic carbocycles. The van der Waals surface area contributed by atoms with Gasteiger partial charge >= 0.3 is 0 Å². The van der Waals surface area contributed by atoms with E-state index in [2.05, 4.69) is 138 Å². The first-order valence-electron chi connectivity index (χ1n) is 18.8. The maximum Gasteiger partial charge on any atom is 0.164 e. The maximum atomic E-state index is 6.11. The molecule has 0 fully saturated rings. The number of furan rings is 1. The molecule has 0 unspecified atom stereocenters. The lowest BCUT2D eigenvalue weighted by Gasteiger charge is -2.11. The molecule has 0 spiro atoms. The van der Waals surface area contributed by atoms with Crippen LogP contribution in [0.5, 0.6) is 0 Å². The third-order valence-electron chi connectivity index (χ3n) is 10.7. The minimum Gasteiger partial charge on any atom is -0.456 e. The van der Waals surface area contributed by atoms with Gasteiger partial charge in [0.2, 0.25) is 0 Å². The van der Waals surface area contributed by atoms with Gasteiger partial charge in [-0.3, -0.25) is 0 Å². The molecule has 262 valence electrons. The van der Waals surface area contributed by atoms with Gasteiger partial charge in [0, 0.05) is 49.5 Å². The van der Waals surface area contributed by atoms with Gasteiger partial charge in [-0.25, -0.2) is 15.0 Å². The second kappa shape index (κ2) is 13.0. The van der Waals surface area contributed by atoms with Crippen LogP contribution in [0.1, 0.15) is 0 Å². The van der Waals surface area contributed by atoms with E-state index in [1.807, 2.05) is 60.7 Å². The van der Waals surface area contributed by atoms with Crippen molar-refractivity contribution in [1.82, 2.24) is 19.5 Å². The summed E-state index contributed by atoms with van der Waals surface area (Å²) in [5.41, 5.74) is 12.6. The average molecular weight is 717 g/mol. The van der Waals surface area contributed by atoms with Crippen molar-refractivity contribution in [1.29, 1.82) is 0 Å². The molecule has 0 N–H and O–H groups in total. The van der Waals surface area contributed by atoms with Crippen LogP contribution in [0.3, 0.4) is 0 Å². The van der Waals surface area contributed by atoms with Crippen LogP contribution >= 0.6 is 0 Å². The van der Waals surface area contributed by atoms with Gasteiger partial charge in [-0.2, -0.15) is 0 Å². The SMILES string of the molecule is c1ccc(-c2nc(-c3ccc(-c4ccc5c(c4)c4cccc(-c6ccccc6)c4n5-c4ccccc4)cc3)nc(-c3ccc4oc5ccccc5c4c3)n2)cc1. The van der Waals surface area contributed by atoms with E-state index in [0.29, 0.717) is 17.5 Å². The Hall–Kier alpha value is -7.63. The Labute approximate surface area is 322 Å². The Morgan fingerprint density at radius 3 is 1.62 bits per heavy atom. The van der Waals surface area contributed by atoms with Crippen LogP contribution in [-0.4, -0.2) is 19.5 Å². The first kappa shape index (κ1) is 31.9. The quantitative estimate of drug-likeness (QED) is 0.172. The monoisotopic (exact) mass is 716 g/mol. The highest BCUT2D eigenvalue weighted by Crippen LogP contribution is 2.40. The molecule has 56 heavy (non-hydrogen) atoms. The summed E-state index contributed by atoms with van der Waals surface area (Å²) in [5, 5.41) is 4.53. The lowest BCUT2D eigenvalue weighted by Crippen LogP contribution is -2.00. The molecule has 11 rings (SSSR count). The summed E-state index contributed by atoms with van der Waals surface area (Å²) in [5.74, 6) is 1.86. The molecule has 5 heteroatoms. The Morgan fingerprint density at radius 2 is 0.875 bits per heavy atom. The van der Waals surface area contributed by atoms with E-state index in [-0.39, 0.29) is 0 Å². The van der Waals surface area contributed by atoms with E-state index in [1.165, 1.54) is 32.9 Å². The number of hydrogen-bond acceptors (Lipinski definition) is 4. The number of nitrogens with zero attached hydrogens (tertiary/aromatic N) is 4. The molecular formula is C51H32N4O. The van der Waals surface area contributed by atoms with E-state index >= 15 is 0 Å². The molecule has 3 aromatic heterocycles. The van der Waals surface area contributed by atoms with Crippen molar-refractivity contribution in [3.63, 3.8) is 0 Å². The minimum atomic E-state index is 0.611. The van der Waals surface area contributed by atoms with E-state index < -0.39 is 0 Å². The van der Waals surface area contributed by atoms with Crippen LogP contribution in [0.15, 0.2) is 199 Å². The van der Waals surface area contributed by atoms with Crippen molar-refractivity contribution in [2.45, 2.75) is 0 Å².